The molecular weight excluding hydrogens is 841 g/mol. The van der Waals surface area contributed by atoms with Gasteiger partial charge in [0, 0.05) is 30.0 Å². The van der Waals surface area contributed by atoms with Crippen LogP contribution in [0.25, 0.3) is 6.08 Å². The first-order valence-electron chi connectivity index (χ1n) is 16.0. The van der Waals surface area contributed by atoms with E-state index in [1.54, 1.807) is 30.3 Å². The molecule has 0 amide bonds. The lowest BCUT2D eigenvalue weighted by Gasteiger charge is -2.18. The molecule has 0 unspecified atom stereocenters. The number of non-ortho nitro benzene ring substituents is 1. The summed E-state index contributed by atoms with van der Waals surface area (Å²) < 4.78 is 103. The van der Waals surface area contributed by atoms with Crippen LogP contribution in [0.2, 0.25) is 0 Å². The van der Waals surface area contributed by atoms with Crippen LogP contribution in [-0.2, 0) is 35.1 Å². The van der Waals surface area contributed by atoms with E-state index in [1.807, 2.05) is 0 Å². The zero-order valence-electron chi connectivity index (χ0n) is 29.1. The summed E-state index contributed by atoms with van der Waals surface area (Å²) in [5, 5.41) is 39.7. The third kappa shape index (κ3) is 9.47. The number of azo groups is 1. The Hall–Kier alpha value is -7.29. The van der Waals surface area contributed by atoms with Crippen LogP contribution in [0.15, 0.2) is 144 Å². The number of nitro benzene ring substituents is 1. The van der Waals surface area contributed by atoms with Crippen LogP contribution in [0.4, 0.5) is 34.1 Å². The van der Waals surface area contributed by atoms with Gasteiger partial charge in [-0.05, 0) is 66.2 Å². The quantitative estimate of drug-likeness (QED) is 0.0317. The molecular formula is C34H24N8O14S3. The second-order valence-corrected chi connectivity index (χ2v) is 16.2. The molecule has 0 heterocycles. The molecule has 6 rings (SSSR count). The fourth-order valence-corrected chi connectivity index (χ4v) is 7.13. The molecule has 0 saturated carbocycles. The molecule has 22 nitrogen and oxygen atoms in total. The lowest BCUT2D eigenvalue weighted by atomic mass is 9.93. The summed E-state index contributed by atoms with van der Waals surface area (Å²) in [7, 11) is -15.1. The number of carbonyl (C=O) groups is 2. The highest BCUT2D eigenvalue weighted by Gasteiger charge is 2.36. The number of nitrogens with zero attached hydrogens (tertiary/aromatic N) is 5. The van der Waals surface area contributed by atoms with Gasteiger partial charge in [-0.2, -0.15) is 35.5 Å². The number of nitro groups is 1. The summed E-state index contributed by atoms with van der Waals surface area (Å²) >= 11 is 0. The summed E-state index contributed by atoms with van der Waals surface area (Å²) in [4.78, 5) is 34.3. The molecule has 4 aromatic rings. The number of allylic oxidation sites excluding steroid dienone is 3. The van der Waals surface area contributed by atoms with Crippen molar-refractivity contribution in [2.75, 3.05) is 16.2 Å². The highest BCUT2D eigenvalue weighted by molar-refractivity contribution is 7.91. The minimum absolute atomic E-state index is 0.00341. The van der Waals surface area contributed by atoms with Crippen LogP contribution in [-0.4, -0.2) is 71.9 Å². The first-order chi connectivity index (χ1) is 27.7. The largest absolute Gasteiger partial charge is 0.505 e. The lowest BCUT2D eigenvalue weighted by molar-refractivity contribution is -0.384. The Morgan fingerprint density at radius 3 is 1.97 bits per heavy atom. The molecule has 0 bridgehead atoms. The number of hydrogen-bond acceptors (Lipinski definition) is 18. The van der Waals surface area contributed by atoms with Gasteiger partial charge >= 0.3 is 0 Å². The van der Waals surface area contributed by atoms with Crippen LogP contribution in [0.1, 0.15) is 15.9 Å². The molecule has 59 heavy (non-hydrogen) atoms. The Balaban J connectivity index is 1.36. The fraction of sp³-hybridized carbons (Fsp3) is 0. The zero-order valence-corrected chi connectivity index (χ0v) is 31.6. The maximum Gasteiger partial charge on any atom is 0.296 e. The van der Waals surface area contributed by atoms with Gasteiger partial charge in [-0.15, -0.1) is 10.2 Å². The number of Topliss-reactive ketones (excluding diaryl/α,β-unsaturated/α-hetero) is 1. The molecule has 302 valence electrons. The zero-order chi connectivity index (χ0) is 42.9. The smallest absolute Gasteiger partial charge is 0.296 e. The second-order valence-electron chi connectivity index (χ2n) is 12.0. The maximum absolute atomic E-state index is 13.9. The van der Waals surface area contributed by atoms with Gasteiger partial charge in [0.2, 0.25) is 11.6 Å². The first kappa shape index (κ1) is 41.3. The molecule has 4 aromatic carbocycles. The van der Waals surface area contributed by atoms with Crippen molar-refractivity contribution in [1.29, 1.82) is 0 Å². The number of nitrogens with one attached hydrogen (secondary N) is 3. The van der Waals surface area contributed by atoms with Gasteiger partial charge in [0.15, 0.2) is 5.71 Å². The maximum atomic E-state index is 13.9. The SMILES string of the molecule is O=C1C=C(O)C(N=Nc2cc(S(=O)(=O)O)cc3c2C(=O)/C(=N/Nc2ccc([N+](=O)[O-])cc2)C(S(=O)(=O)O)=C3)=C/C1=N/Nc1ccc(Nc2ccccc2)c(S(=O)(=O)O)c1. The summed E-state index contributed by atoms with van der Waals surface area (Å²) in [6.45, 7) is 0. The number of hydrogen-bond donors (Lipinski definition) is 7. The molecule has 0 aliphatic heterocycles. The van der Waals surface area contributed by atoms with Crippen molar-refractivity contribution in [2.45, 2.75) is 9.79 Å². The first-order valence-corrected chi connectivity index (χ1v) is 20.3. The Morgan fingerprint density at radius 1 is 0.678 bits per heavy atom. The predicted octanol–water partition coefficient (Wildman–Crippen LogP) is 5.19. The number of rotatable bonds is 12. The highest BCUT2D eigenvalue weighted by Crippen LogP contribution is 2.36. The van der Waals surface area contributed by atoms with E-state index in [1.165, 1.54) is 24.3 Å². The van der Waals surface area contributed by atoms with Crippen molar-refractivity contribution >= 4 is 93.5 Å². The van der Waals surface area contributed by atoms with Gasteiger partial charge < -0.3 is 10.4 Å². The van der Waals surface area contributed by atoms with Crippen LogP contribution in [0.5, 0.6) is 0 Å². The van der Waals surface area contributed by atoms with Crippen molar-refractivity contribution in [2.24, 2.45) is 20.4 Å². The predicted molar refractivity (Wildman–Crippen MR) is 210 cm³/mol. The number of hydrazone groups is 2. The third-order valence-corrected chi connectivity index (χ3v) is 10.6. The number of anilines is 4. The van der Waals surface area contributed by atoms with Gasteiger partial charge in [-0.1, -0.05) is 18.2 Å². The number of para-hydroxylation sites is 1. The average molecular weight is 865 g/mol. The Kier molecular flexibility index (Phi) is 11.2. The molecule has 2 aliphatic carbocycles. The second kappa shape index (κ2) is 15.9. The van der Waals surface area contributed by atoms with E-state index in [-0.39, 0.29) is 22.7 Å². The number of ketones is 2. The molecule has 0 saturated heterocycles. The molecule has 0 radical (unpaired) electrons. The van der Waals surface area contributed by atoms with Crippen molar-refractivity contribution in [3.8, 4) is 0 Å². The molecule has 2 aliphatic rings. The molecule has 0 aromatic heterocycles. The Morgan fingerprint density at radius 2 is 1.34 bits per heavy atom. The van der Waals surface area contributed by atoms with Gasteiger partial charge in [0.05, 0.1) is 38.1 Å². The number of fused-ring (bicyclic) bond motifs is 1. The van der Waals surface area contributed by atoms with Gasteiger partial charge in [0.1, 0.15) is 27.0 Å². The fourth-order valence-electron chi connectivity index (χ4n) is 5.26. The molecule has 0 atom stereocenters. The molecule has 7 N–H and O–H groups in total. The Labute approximate surface area is 332 Å². The van der Waals surface area contributed by atoms with E-state index in [2.05, 4.69) is 36.6 Å². The number of benzene rings is 4. The van der Waals surface area contributed by atoms with Crippen LogP contribution < -0.4 is 16.2 Å². The van der Waals surface area contributed by atoms with Crippen LogP contribution in [0.3, 0.4) is 0 Å². The van der Waals surface area contributed by atoms with Crippen LogP contribution in [0, 0.1) is 10.1 Å². The van der Waals surface area contributed by atoms with E-state index in [9.17, 15) is 63.7 Å². The van der Waals surface area contributed by atoms with Crippen molar-refractivity contribution in [3.63, 3.8) is 0 Å². The van der Waals surface area contributed by atoms with Crippen LogP contribution >= 0.6 is 0 Å². The van der Waals surface area contributed by atoms with E-state index < -0.39 is 101 Å². The van der Waals surface area contributed by atoms with E-state index in [0.29, 0.717) is 30.0 Å². The third-order valence-electron chi connectivity index (χ3n) is 7.97. The van der Waals surface area contributed by atoms with Crippen molar-refractivity contribution in [3.05, 3.63) is 135 Å². The molecule has 0 spiro atoms. The average Bonchev–Trinajstić information content (AvgIpc) is 3.16. The monoisotopic (exact) mass is 864 g/mol. The number of carbonyl (C=O) groups excluding carboxylic acids is 2. The van der Waals surface area contributed by atoms with Gasteiger partial charge in [-0.25, -0.2) is 0 Å². The van der Waals surface area contributed by atoms with Crippen molar-refractivity contribution < 1.29 is 58.5 Å². The molecule has 25 heteroatoms. The molecule has 0 fully saturated rings. The standard InChI is InChI=1S/C34H24N8O14S3/c43-28-17-29(44)26(16-25(28)38-37-21-8-11-24(30(14-21)58(51,52)53)35-19-4-2-1-3-5-19)39-40-27-15-23(57(48,49)50)12-18-13-31(59(54,55)56)33(34(45)32(18)27)41-36-20-6-9-22(10-7-20)42(46)47/h1-17,35-37,44H,(H,48,49,50)(H,51,52,53)(H,54,55,56)/b38-25-,40-39?,41-33+. The van der Waals surface area contributed by atoms with E-state index in [4.69, 9.17) is 0 Å². The summed E-state index contributed by atoms with van der Waals surface area (Å²) in [5.41, 5.74) is 1.34. The number of aliphatic hydroxyl groups excluding tert-OH is 1. The van der Waals surface area contributed by atoms with Crippen molar-refractivity contribution in [1.82, 2.24) is 0 Å². The minimum Gasteiger partial charge on any atom is -0.505 e. The normalized spacial score (nSPS) is 16.0. The highest BCUT2D eigenvalue weighted by atomic mass is 32.2. The number of aliphatic hydroxyl groups is 1. The topological polar surface area (TPSA) is 346 Å². The lowest BCUT2D eigenvalue weighted by Crippen LogP contribution is -2.27. The van der Waals surface area contributed by atoms with E-state index in [0.717, 1.165) is 24.3 Å². The van der Waals surface area contributed by atoms with E-state index >= 15 is 0 Å². The summed E-state index contributed by atoms with van der Waals surface area (Å²) in [6, 6.07) is 17.9. The summed E-state index contributed by atoms with van der Waals surface area (Å²) in [6.07, 6.45) is 2.21. The minimum atomic E-state index is -5.26. The van der Waals surface area contributed by atoms with Gasteiger partial charge in [0.25, 0.3) is 36.0 Å². The van der Waals surface area contributed by atoms with Gasteiger partial charge in [-0.3, -0.25) is 44.2 Å². The Bertz CT molecular complexity index is 3000. The summed E-state index contributed by atoms with van der Waals surface area (Å²) in [5.74, 6) is -2.97.